The lowest BCUT2D eigenvalue weighted by Crippen LogP contribution is -2.53. The molecule has 1 aliphatic heterocycles. The van der Waals surface area contributed by atoms with Crippen molar-refractivity contribution in [1.29, 1.82) is 0 Å². The van der Waals surface area contributed by atoms with Gasteiger partial charge in [0.1, 0.15) is 11.6 Å². The van der Waals surface area contributed by atoms with Gasteiger partial charge in [-0.2, -0.15) is 0 Å². The molecule has 3 aromatic carbocycles. The number of hydrogen-bond donors (Lipinski definition) is 4. The first kappa shape index (κ1) is 30.4. The molecule has 6 nitrogen and oxygen atoms in total. The van der Waals surface area contributed by atoms with Gasteiger partial charge in [-0.3, -0.25) is 4.79 Å². The molecule has 4 atom stereocenters. The topological polar surface area (TPSA) is 104 Å². The minimum Gasteiger partial charge on any atom is -0.478 e. The quantitative estimate of drug-likeness (QED) is 0.224. The number of carbonyl (C=O) groups excluding carboxylic acids is 1. The zero-order chi connectivity index (χ0) is 30.2. The van der Waals surface area contributed by atoms with Crippen LogP contribution >= 0.6 is 23.2 Å². The maximum Gasteiger partial charge on any atom is 0.335 e. The van der Waals surface area contributed by atoms with E-state index in [9.17, 15) is 14.7 Å². The van der Waals surface area contributed by atoms with Crippen LogP contribution < -0.4 is 16.4 Å². The molecule has 0 bridgehead atoms. The summed E-state index contributed by atoms with van der Waals surface area (Å²) in [5.74, 6) is -4.07. The van der Waals surface area contributed by atoms with Crippen molar-refractivity contribution >= 4 is 40.8 Å². The van der Waals surface area contributed by atoms with E-state index in [4.69, 9.17) is 28.9 Å². The Morgan fingerprint density at radius 3 is 2.38 bits per heavy atom. The zero-order valence-electron chi connectivity index (χ0n) is 23.1. The minimum absolute atomic E-state index is 0.0610. The van der Waals surface area contributed by atoms with Crippen LogP contribution in [0.15, 0.2) is 60.7 Å². The molecule has 0 aromatic heterocycles. The van der Waals surface area contributed by atoms with E-state index >= 15 is 8.78 Å². The lowest BCUT2D eigenvalue weighted by atomic mass is 9.65. The van der Waals surface area contributed by atoms with Crippen LogP contribution in [0.3, 0.4) is 0 Å². The van der Waals surface area contributed by atoms with Crippen LogP contribution in [0.1, 0.15) is 72.9 Å². The van der Waals surface area contributed by atoms with Crippen molar-refractivity contribution in [3.63, 3.8) is 0 Å². The third-order valence-electron chi connectivity index (χ3n) is 8.96. The van der Waals surface area contributed by atoms with Crippen LogP contribution in [-0.2, 0) is 10.3 Å². The molecule has 5 N–H and O–H groups in total. The van der Waals surface area contributed by atoms with Crippen LogP contribution in [0.4, 0.5) is 14.5 Å². The van der Waals surface area contributed by atoms with Gasteiger partial charge in [-0.15, -0.1) is 0 Å². The predicted molar refractivity (Wildman–Crippen MR) is 160 cm³/mol. The second-order valence-corrected chi connectivity index (χ2v) is 12.7. The van der Waals surface area contributed by atoms with Crippen molar-refractivity contribution in [2.75, 3.05) is 5.32 Å². The highest BCUT2D eigenvalue weighted by molar-refractivity contribution is 6.31. The van der Waals surface area contributed by atoms with E-state index in [1.165, 1.54) is 54.6 Å². The van der Waals surface area contributed by atoms with Gasteiger partial charge >= 0.3 is 5.97 Å². The maximum atomic E-state index is 15.8. The van der Waals surface area contributed by atoms with Gasteiger partial charge in [0, 0.05) is 28.2 Å². The number of hydrogen-bond acceptors (Lipinski definition) is 4. The SMILES string of the molecule is CC1(C[C@@H]2N[C@@H](C(=O)Nc3ccc(C(=O)O)cc3)[C@H](c3cccc(Cl)c3F)[C@@]2(N)c2ccc(Cl)cc2F)CCCCC1. The highest BCUT2D eigenvalue weighted by Crippen LogP contribution is 2.52. The Balaban J connectivity index is 1.64. The van der Waals surface area contributed by atoms with Crippen molar-refractivity contribution in [3.8, 4) is 0 Å². The van der Waals surface area contributed by atoms with E-state index in [1.54, 1.807) is 6.07 Å². The summed E-state index contributed by atoms with van der Waals surface area (Å²) in [4.78, 5) is 25.3. The van der Waals surface area contributed by atoms with Gasteiger partial charge in [-0.25, -0.2) is 13.6 Å². The number of anilines is 1. The number of benzene rings is 3. The summed E-state index contributed by atoms with van der Waals surface area (Å²) in [7, 11) is 0. The van der Waals surface area contributed by atoms with Crippen LogP contribution in [0.2, 0.25) is 10.0 Å². The normalized spacial score (nSPS) is 25.2. The molecule has 0 spiro atoms. The first-order chi connectivity index (χ1) is 19.9. The summed E-state index contributed by atoms with van der Waals surface area (Å²) in [6.07, 6.45) is 5.68. The van der Waals surface area contributed by atoms with E-state index in [0.717, 1.165) is 32.1 Å². The van der Waals surface area contributed by atoms with Gasteiger partial charge in [0.25, 0.3) is 0 Å². The Kier molecular flexibility index (Phi) is 8.63. The van der Waals surface area contributed by atoms with Crippen molar-refractivity contribution in [2.45, 2.75) is 69.0 Å². The second kappa shape index (κ2) is 11.9. The molecule has 222 valence electrons. The predicted octanol–water partition coefficient (Wildman–Crippen LogP) is 7.25. The fourth-order valence-corrected chi connectivity index (χ4v) is 7.15. The van der Waals surface area contributed by atoms with Gasteiger partial charge in [-0.1, -0.05) is 67.6 Å². The molecule has 2 fully saturated rings. The Morgan fingerprint density at radius 1 is 1.05 bits per heavy atom. The number of rotatable bonds is 7. The van der Waals surface area contributed by atoms with Crippen LogP contribution in [0, 0.1) is 17.0 Å². The molecule has 2 aliphatic rings. The van der Waals surface area contributed by atoms with Crippen LogP contribution in [-0.4, -0.2) is 29.1 Å². The highest BCUT2D eigenvalue weighted by atomic mass is 35.5. The molecular weight excluding hydrogens is 583 g/mol. The number of amides is 1. The van der Waals surface area contributed by atoms with Gasteiger partial charge in [0.05, 0.1) is 22.2 Å². The Bertz CT molecular complexity index is 1500. The molecule has 1 aliphatic carbocycles. The van der Waals surface area contributed by atoms with Gasteiger partial charge in [0.15, 0.2) is 0 Å². The number of nitrogens with two attached hydrogens (primary N) is 1. The molecule has 10 heteroatoms. The Morgan fingerprint density at radius 2 is 1.74 bits per heavy atom. The second-order valence-electron chi connectivity index (χ2n) is 11.8. The van der Waals surface area contributed by atoms with Gasteiger partial charge in [0.2, 0.25) is 5.91 Å². The molecule has 0 unspecified atom stereocenters. The average Bonchev–Trinajstić information content (AvgIpc) is 3.22. The van der Waals surface area contributed by atoms with Crippen LogP contribution in [0.25, 0.3) is 0 Å². The number of nitrogens with one attached hydrogen (secondary N) is 2. The van der Waals surface area contributed by atoms with Crippen molar-refractivity contribution < 1.29 is 23.5 Å². The zero-order valence-corrected chi connectivity index (χ0v) is 24.6. The molecule has 1 saturated carbocycles. The standard InChI is InChI=1S/C32H33Cl2F2N3O3/c1-31(14-3-2-4-15-31)17-25-32(37,22-13-10-19(33)16-24(22)35)26(21-6-5-7-23(34)27(21)36)28(39-25)29(40)38-20-11-8-18(9-12-20)30(41)42/h5-13,16,25-26,28,39H,2-4,14-15,17,37H2,1H3,(H,38,40)(H,41,42)/t25-,26-,28+,32+/m0/s1. The molecule has 42 heavy (non-hydrogen) atoms. The molecule has 0 radical (unpaired) electrons. The highest BCUT2D eigenvalue weighted by Gasteiger charge is 2.59. The summed E-state index contributed by atoms with van der Waals surface area (Å²) in [6, 6.07) is 12.7. The lowest BCUT2D eigenvalue weighted by molar-refractivity contribution is -0.118. The van der Waals surface area contributed by atoms with Crippen molar-refractivity contribution in [1.82, 2.24) is 5.32 Å². The fourth-order valence-electron chi connectivity index (χ4n) is 6.81. The van der Waals surface area contributed by atoms with E-state index in [2.05, 4.69) is 17.6 Å². The average molecular weight is 617 g/mol. The van der Waals surface area contributed by atoms with Crippen LogP contribution in [0.5, 0.6) is 0 Å². The molecular formula is C32H33Cl2F2N3O3. The third-order valence-corrected chi connectivity index (χ3v) is 9.49. The maximum absolute atomic E-state index is 15.8. The number of carboxylic acids is 1. The summed E-state index contributed by atoms with van der Waals surface area (Å²) >= 11 is 12.3. The van der Waals surface area contributed by atoms with E-state index in [1.807, 2.05) is 0 Å². The summed E-state index contributed by atoms with van der Waals surface area (Å²) < 4.78 is 31.6. The van der Waals surface area contributed by atoms with Crippen molar-refractivity contribution in [2.24, 2.45) is 11.1 Å². The van der Waals surface area contributed by atoms with E-state index in [0.29, 0.717) is 12.1 Å². The Hall–Kier alpha value is -3.04. The number of carbonyl (C=O) groups is 2. The van der Waals surface area contributed by atoms with E-state index < -0.39 is 47.1 Å². The van der Waals surface area contributed by atoms with Gasteiger partial charge in [-0.05, 0) is 72.7 Å². The molecule has 1 saturated heterocycles. The number of aromatic carboxylic acids is 1. The molecule has 5 rings (SSSR count). The lowest BCUT2D eigenvalue weighted by Gasteiger charge is -2.42. The van der Waals surface area contributed by atoms with E-state index in [-0.39, 0.29) is 32.2 Å². The van der Waals surface area contributed by atoms with Gasteiger partial charge < -0.3 is 21.5 Å². The summed E-state index contributed by atoms with van der Waals surface area (Å²) in [5.41, 5.74) is 6.24. The molecule has 3 aromatic rings. The third kappa shape index (κ3) is 5.78. The first-order valence-corrected chi connectivity index (χ1v) is 14.8. The summed E-state index contributed by atoms with van der Waals surface area (Å²) in [6.45, 7) is 2.18. The fraction of sp³-hybridized carbons (Fsp3) is 0.375. The number of carboxylic acid groups (broad SMARTS) is 1. The van der Waals surface area contributed by atoms with Crippen molar-refractivity contribution in [3.05, 3.63) is 99.0 Å². The largest absolute Gasteiger partial charge is 0.478 e. The first-order valence-electron chi connectivity index (χ1n) is 14.0. The minimum atomic E-state index is -1.57. The molecule has 1 heterocycles. The Labute approximate surface area is 253 Å². The number of halogens is 4. The monoisotopic (exact) mass is 615 g/mol. The summed E-state index contributed by atoms with van der Waals surface area (Å²) in [5, 5.41) is 15.5. The molecule has 1 amide bonds. The smallest absolute Gasteiger partial charge is 0.335 e.